The molecule has 5 heteroatoms. The highest BCUT2D eigenvalue weighted by Crippen LogP contribution is 2.33. The molecule has 0 fully saturated rings. The maximum Gasteiger partial charge on any atom is 0.206 e. The number of nitrogens with one attached hydrogen (secondary N) is 2. The second kappa shape index (κ2) is 10.0. The molecule has 1 aliphatic heterocycles. The van der Waals surface area contributed by atoms with E-state index in [1.54, 1.807) is 24.1 Å². The first-order valence-corrected chi connectivity index (χ1v) is 11.6. The first kappa shape index (κ1) is 21.4. The van der Waals surface area contributed by atoms with Crippen LogP contribution in [-0.2, 0) is 19.4 Å². The maximum absolute atomic E-state index is 14.2. The molecule has 0 unspecified atom stereocenters. The van der Waals surface area contributed by atoms with Crippen molar-refractivity contribution in [2.45, 2.75) is 51.0 Å². The van der Waals surface area contributed by atoms with Crippen LogP contribution in [0.1, 0.15) is 47.6 Å². The number of anilines is 1. The summed E-state index contributed by atoms with van der Waals surface area (Å²) in [6.45, 7) is 4.41. The molecular weight excluding hydrogens is 405 g/mol. The Hall–Kier alpha value is -2.79. The van der Waals surface area contributed by atoms with Gasteiger partial charge in [0.05, 0.1) is 17.1 Å². The van der Waals surface area contributed by atoms with Gasteiger partial charge in [0.2, 0.25) is 5.96 Å². The molecule has 0 bridgehead atoms. The Kier molecular flexibility index (Phi) is 6.92. The van der Waals surface area contributed by atoms with Crippen molar-refractivity contribution >= 4 is 23.6 Å². The van der Waals surface area contributed by atoms with Gasteiger partial charge in [-0.2, -0.15) is 0 Å². The van der Waals surface area contributed by atoms with E-state index in [0.717, 1.165) is 29.0 Å². The summed E-state index contributed by atoms with van der Waals surface area (Å²) in [5, 5.41) is 3.45. The molecule has 0 aromatic heterocycles. The van der Waals surface area contributed by atoms with E-state index in [1.165, 1.54) is 29.5 Å². The van der Waals surface area contributed by atoms with E-state index in [9.17, 15) is 4.39 Å². The van der Waals surface area contributed by atoms with Crippen molar-refractivity contribution in [3.63, 3.8) is 0 Å². The normalized spacial score (nSPS) is 14.1. The Morgan fingerprint density at radius 3 is 2.55 bits per heavy atom. The van der Waals surface area contributed by atoms with Gasteiger partial charge in [0, 0.05) is 5.56 Å². The number of hydrogen-bond acceptors (Lipinski definition) is 2. The van der Waals surface area contributed by atoms with Crippen molar-refractivity contribution in [1.82, 2.24) is 4.72 Å². The van der Waals surface area contributed by atoms with Crippen molar-refractivity contribution in [3.05, 3.63) is 94.3 Å². The van der Waals surface area contributed by atoms with Gasteiger partial charge in [-0.15, -0.1) is 0 Å². The standard InChI is InChI=1S/C26H28FN3S/c1-3-4-8-19-9-5-6-10-20(19)16-21-11-7-12-24-25(21)29-26(30-31-24)28-17-22-14-13-18(2)15-23(22)27/h5-7,9-15H,3-4,8,16-17H2,1-2H3,(H2,28,29,30). The van der Waals surface area contributed by atoms with Gasteiger partial charge >= 0.3 is 0 Å². The zero-order valence-corrected chi connectivity index (χ0v) is 18.9. The SMILES string of the molecule is CCCCc1ccccc1Cc1cccc2c1NC(=NCc1ccc(C)cc1F)NS2. The molecule has 3 nitrogen and oxygen atoms in total. The van der Waals surface area contributed by atoms with Crippen LogP contribution in [-0.4, -0.2) is 5.96 Å². The third-order valence-corrected chi connectivity index (χ3v) is 6.38. The molecule has 160 valence electrons. The molecule has 3 aromatic carbocycles. The number of aliphatic imine (C=N–C) groups is 1. The number of benzene rings is 3. The Labute approximate surface area is 188 Å². The second-order valence-corrected chi connectivity index (χ2v) is 8.78. The number of fused-ring (bicyclic) bond motifs is 1. The molecule has 0 spiro atoms. The third-order valence-electron chi connectivity index (χ3n) is 5.53. The number of rotatable bonds is 7. The summed E-state index contributed by atoms with van der Waals surface area (Å²) in [5.74, 6) is 0.446. The molecule has 0 aliphatic carbocycles. The van der Waals surface area contributed by atoms with Crippen LogP contribution in [0.5, 0.6) is 0 Å². The highest BCUT2D eigenvalue weighted by atomic mass is 32.2. The molecule has 0 amide bonds. The third kappa shape index (κ3) is 5.28. The molecular formula is C26H28FN3S. The van der Waals surface area contributed by atoms with E-state index in [4.69, 9.17) is 0 Å². The van der Waals surface area contributed by atoms with Crippen LogP contribution in [0.2, 0.25) is 0 Å². The first-order chi connectivity index (χ1) is 15.1. The minimum atomic E-state index is -0.211. The smallest absolute Gasteiger partial charge is 0.206 e. The van der Waals surface area contributed by atoms with Crippen LogP contribution in [0.15, 0.2) is 70.6 Å². The lowest BCUT2D eigenvalue weighted by atomic mass is 9.95. The molecule has 3 aromatic rings. The maximum atomic E-state index is 14.2. The van der Waals surface area contributed by atoms with Crippen LogP contribution >= 0.6 is 11.9 Å². The first-order valence-electron chi connectivity index (χ1n) is 10.8. The van der Waals surface area contributed by atoms with Crippen molar-refractivity contribution in [2.24, 2.45) is 4.99 Å². The van der Waals surface area contributed by atoms with Crippen LogP contribution in [0.3, 0.4) is 0 Å². The van der Waals surface area contributed by atoms with Crippen LogP contribution < -0.4 is 10.0 Å². The van der Waals surface area contributed by atoms with Gasteiger partial charge in [-0.3, -0.25) is 4.72 Å². The molecule has 0 saturated heterocycles. The van der Waals surface area contributed by atoms with Gasteiger partial charge in [-0.1, -0.05) is 61.9 Å². The van der Waals surface area contributed by atoms with Gasteiger partial charge in [0.1, 0.15) is 5.82 Å². The van der Waals surface area contributed by atoms with Gasteiger partial charge in [-0.25, -0.2) is 9.38 Å². The van der Waals surface area contributed by atoms with Crippen LogP contribution in [0.4, 0.5) is 10.1 Å². The average molecular weight is 434 g/mol. The number of nitrogens with zero attached hydrogens (tertiary/aromatic N) is 1. The van der Waals surface area contributed by atoms with E-state index in [-0.39, 0.29) is 5.82 Å². The fraction of sp³-hybridized carbons (Fsp3) is 0.269. The molecule has 31 heavy (non-hydrogen) atoms. The Morgan fingerprint density at radius 1 is 0.935 bits per heavy atom. The number of para-hydroxylation sites is 1. The number of guanidine groups is 1. The van der Waals surface area contributed by atoms with Crippen molar-refractivity contribution in [1.29, 1.82) is 0 Å². The summed E-state index contributed by atoms with van der Waals surface area (Å²) in [6.07, 6.45) is 4.38. The average Bonchev–Trinajstić information content (AvgIpc) is 2.78. The predicted molar refractivity (Wildman–Crippen MR) is 129 cm³/mol. The van der Waals surface area contributed by atoms with Crippen molar-refractivity contribution in [3.8, 4) is 0 Å². The van der Waals surface area contributed by atoms with Gasteiger partial charge in [0.25, 0.3) is 0 Å². The summed E-state index contributed by atoms with van der Waals surface area (Å²) >= 11 is 1.54. The second-order valence-electron chi connectivity index (χ2n) is 7.93. The monoisotopic (exact) mass is 433 g/mol. The van der Waals surface area contributed by atoms with E-state index >= 15 is 0 Å². The van der Waals surface area contributed by atoms with Crippen molar-refractivity contribution in [2.75, 3.05) is 5.32 Å². The summed E-state index contributed by atoms with van der Waals surface area (Å²) in [7, 11) is 0. The lowest BCUT2D eigenvalue weighted by molar-refractivity contribution is 0.609. The minimum absolute atomic E-state index is 0.211. The highest BCUT2D eigenvalue weighted by molar-refractivity contribution is 7.98. The summed E-state index contributed by atoms with van der Waals surface area (Å²) in [6, 6.07) is 20.4. The number of halogens is 1. The lowest BCUT2D eigenvalue weighted by Gasteiger charge is -2.23. The lowest BCUT2D eigenvalue weighted by Crippen LogP contribution is -2.30. The number of aryl methyl sites for hydroxylation is 2. The molecule has 0 saturated carbocycles. The molecule has 4 rings (SSSR count). The summed E-state index contributed by atoms with van der Waals surface area (Å²) < 4.78 is 17.4. The summed E-state index contributed by atoms with van der Waals surface area (Å²) in [4.78, 5) is 5.73. The van der Waals surface area contributed by atoms with Gasteiger partial charge in [0.15, 0.2) is 0 Å². The molecule has 0 radical (unpaired) electrons. The zero-order chi connectivity index (χ0) is 21.6. The van der Waals surface area contributed by atoms with Crippen LogP contribution in [0, 0.1) is 12.7 Å². The fourth-order valence-electron chi connectivity index (χ4n) is 3.76. The quantitative estimate of drug-likeness (QED) is 0.410. The van der Waals surface area contributed by atoms with E-state index < -0.39 is 0 Å². The van der Waals surface area contributed by atoms with E-state index in [2.05, 4.69) is 64.4 Å². The zero-order valence-electron chi connectivity index (χ0n) is 18.0. The largest absolute Gasteiger partial charge is 0.324 e. The van der Waals surface area contributed by atoms with Gasteiger partial charge in [-0.05, 0) is 72.5 Å². The molecule has 1 aliphatic rings. The van der Waals surface area contributed by atoms with Crippen molar-refractivity contribution < 1.29 is 4.39 Å². The molecule has 2 N–H and O–H groups in total. The minimum Gasteiger partial charge on any atom is -0.324 e. The van der Waals surface area contributed by atoms with Crippen LogP contribution in [0.25, 0.3) is 0 Å². The molecule has 0 atom stereocenters. The Bertz CT molecular complexity index is 1090. The molecule has 1 heterocycles. The van der Waals surface area contributed by atoms with E-state index in [1.807, 2.05) is 13.0 Å². The number of hydrogen-bond donors (Lipinski definition) is 2. The number of unbranched alkanes of at least 4 members (excludes halogenated alkanes) is 1. The Balaban J connectivity index is 1.55. The summed E-state index contributed by atoms with van der Waals surface area (Å²) in [5.41, 5.74) is 6.62. The predicted octanol–water partition coefficient (Wildman–Crippen LogP) is 6.65. The fourth-order valence-corrected chi connectivity index (χ4v) is 4.51. The highest BCUT2D eigenvalue weighted by Gasteiger charge is 2.18. The van der Waals surface area contributed by atoms with Gasteiger partial charge < -0.3 is 5.32 Å². The Morgan fingerprint density at radius 2 is 1.74 bits per heavy atom. The van der Waals surface area contributed by atoms with E-state index in [0.29, 0.717) is 18.1 Å². The topological polar surface area (TPSA) is 36.4 Å².